The van der Waals surface area contributed by atoms with Crippen molar-refractivity contribution in [2.24, 2.45) is 0 Å². The molecule has 0 bridgehead atoms. The van der Waals surface area contributed by atoms with Crippen molar-refractivity contribution in [1.82, 2.24) is 13.9 Å². The van der Waals surface area contributed by atoms with Gasteiger partial charge in [-0.2, -0.15) is 4.57 Å². The molecule has 0 aliphatic carbocycles. The first-order chi connectivity index (χ1) is 26.3. The third-order valence-electron chi connectivity index (χ3n) is 12.9. The van der Waals surface area contributed by atoms with Crippen molar-refractivity contribution >= 4 is 78.4 Å². The van der Waals surface area contributed by atoms with E-state index in [4.69, 9.17) is 4.74 Å². The second-order valence-electron chi connectivity index (χ2n) is 14.9. The highest BCUT2D eigenvalue weighted by molar-refractivity contribution is 7.23. The van der Waals surface area contributed by atoms with E-state index in [1.807, 2.05) is 0 Å². The fourth-order valence-electron chi connectivity index (χ4n) is 11.3. The number of ether oxygens (including phenoxy) is 1. The summed E-state index contributed by atoms with van der Waals surface area (Å²) in [7, 11) is -2.85. The summed E-state index contributed by atoms with van der Waals surface area (Å²) >= 11 is 0. The molecule has 0 radical (unpaired) electrons. The zero-order valence-electron chi connectivity index (χ0n) is 28.1. The van der Waals surface area contributed by atoms with Gasteiger partial charge in [0.1, 0.15) is 11.0 Å². The molecule has 7 nitrogen and oxygen atoms in total. The summed E-state index contributed by atoms with van der Waals surface area (Å²) in [5, 5.41) is 10.8. The molecule has 0 saturated carbocycles. The Morgan fingerprint density at radius 3 is 1.96 bits per heavy atom. The van der Waals surface area contributed by atoms with Crippen molar-refractivity contribution in [3.05, 3.63) is 158 Å². The summed E-state index contributed by atoms with van der Waals surface area (Å²) in [4.78, 5) is 0.244. The van der Waals surface area contributed by atoms with Crippen LogP contribution in [-0.2, 0) is 0 Å². The molecule has 0 amide bonds. The zero-order chi connectivity index (χ0) is 33.9. The van der Waals surface area contributed by atoms with E-state index in [-0.39, 0.29) is 4.81 Å². The number of fused-ring (bicyclic) bond motifs is 12. The molecule has 5 aliphatic rings. The molecule has 0 saturated heterocycles. The van der Waals surface area contributed by atoms with Crippen LogP contribution in [0, 0.1) is 0 Å². The molecule has 5 aromatic carbocycles. The van der Waals surface area contributed by atoms with Crippen molar-refractivity contribution in [3.63, 3.8) is 0 Å². The highest BCUT2D eigenvalue weighted by atomic mass is 28.3. The molecule has 5 aliphatic heterocycles. The van der Waals surface area contributed by atoms with Crippen LogP contribution in [0.3, 0.4) is 0 Å². The van der Waals surface area contributed by atoms with Crippen LogP contribution in [0.5, 0.6) is 11.6 Å². The molecule has 8 heteroatoms. The smallest absolute Gasteiger partial charge is 0.357 e. The lowest BCUT2D eigenvalue weighted by atomic mass is 10.1. The second-order valence-corrected chi connectivity index (χ2v) is 18.6. The van der Waals surface area contributed by atoms with Crippen LogP contribution in [0.1, 0.15) is 0 Å². The molecule has 0 fully saturated rings. The molecular weight excluding hydrogens is 669 g/mol. The maximum atomic E-state index is 7.14. The Labute approximate surface area is 302 Å². The van der Waals surface area contributed by atoms with Gasteiger partial charge in [-0.3, -0.25) is 0 Å². The van der Waals surface area contributed by atoms with Gasteiger partial charge in [0.2, 0.25) is 16.2 Å². The van der Waals surface area contributed by atoms with Crippen LogP contribution in [0.15, 0.2) is 158 Å². The van der Waals surface area contributed by atoms with Crippen molar-refractivity contribution in [2.45, 2.75) is 0 Å². The van der Waals surface area contributed by atoms with Gasteiger partial charge in [-0.25, -0.2) is 0 Å². The summed E-state index contributed by atoms with van der Waals surface area (Å²) in [5.41, 5.74) is 9.88. The number of benzene rings is 5. The van der Waals surface area contributed by atoms with E-state index in [1.165, 1.54) is 75.8 Å². The molecule has 53 heavy (non-hydrogen) atoms. The fourth-order valence-corrected chi connectivity index (χ4v) is 16.9. The first-order valence-corrected chi connectivity index (χ1v) is 20.3. The minimum absolute atomic E-state index is 0.244. The van der Waals surface area contributed by atoms with Gasteiger partial charge in [0.25, 0.3) is 0 Å². The predicted octanol–water partition coefficient (Wildman–Crippen LogP) is 4.84. The van der Waals surface area contributed by atoms with E-state index in [0.29, 0.717) is 0 Å². The second kappa shape index (κ2) is 8.10. The van der Waals surface area contributed by atoms with E-state index in [1.54, 1.807) is 0 Å². The molecule has 15 rings (SSSR count). The van der Waals surface area contributed by atoms with Gasteiger partial charge in [0.05, 0.1) is 15.4 Å². The molecular formula is C45H26N6OSi+4. The van der Waals surface area contributed by atoms with Gasteiger partial charge in [0.15, 0.2) is 20.5 Å². The van der Waals surface area contributed by atoms with E-state index >= 15 is 0 Å². The van der Waals surface area contributed by atoms with Crippen molar-refractivity contribution < 1.29 is 18.8 Å². The Hall–Kier alpha value is -6.87. The molecule has 0 N–H and O–H groups in total. The Morgan fingerprint density at radius 1 is 0.509 bits per heavy atom. The molecule has 10 heterocycles. The SMILES string of the molecule is c1ccc2c(c1)-c1ccccc1[Si]21c2ccc3c4c2-n2c5c1cccc5c1ccc[n+](c12)[N+]41[n+]2c(cccc2-n2c4ccccc4c4ccc[n+]1c42)O3. The lowest BCUT2D eigenvalue weighted by Crippen LogP contribution is -3.01. The van der Waals surface area contributed by atoms with E-state index in [9.17, 15) is 0 Å². The number of quaternary nitrogens is 1. The van der Waals surface area contributed by atoms with E-state index in [0.717, 1.165) is 28.8 Å². The third-order valence-corrected chi connectivity index (χ3v) is 17.8. The minimum Gasteiger partial charge on any atom is -0.412 e. The Bertz CT molecular complexity index is 3420. The Balaban J connectivity index is 1.26. The summed E-state index contributed by atoms with van der Waals surface area (Å²) in [6, 6.07) is 54.5. The standard InChI is InChI=1S/C45H26N6OSi/c1-4-17-33-27(11-1)31-15-9-25-46-44(31)48(33)39-21-8-22-40-50(39)51(46)43-34(52-40)23-24-38-42(43)49-41-30(32-16-10-26-47(51)45(32)49)14-7-20-37(41)53(38)35-18-5-2-12-28(35)29-13-3-6-19-36(29)53/h1-26H/q+4. The first-order valence-electron chi connectivity index (χ1n) is 18.3. The number of nitrogens with zero attached hydrogens (tertiary/aromatic N) is 6. The highest BCUT2D eigenvalue weighted by Gasteiger charge is 2.71. The minimum atomic E-state index is -2.85. The third kappa shape index (κ3) is 2.40. The van der Waals surface area contributed by atoms with E-state index < -0.39 is 8.07 Å². The summed E-state index contributed by atoms with van der Waals surface area (Å²) in [5.74, 6) is 2.71. The predicted molar refractivity (Wildman–Crippen MR) is 206 cm³/mol. The maximum absolute atomic E-state index is 7.14. The molecule has 242 valence electrons. The Morgan fingerprint density at radius 2 is 1.15 bits per heavy atom. The van der Waals surface area contributed by atoms with Gasteiger partial charge in [0, 0.05) is 42.6 Å². The first kappa shape index (κ1) is 26.0. The van der Waals surface area contributed by atoms with E-state index in [2.05, 4.69) is 181 Å². The summed E-state index contributed by atoms with van der Waals surface area (Å²) in [6.45, 7) is 0. The average molecular weight is 695 g/mol. The molecule has 1 unspecified atom stereocenters. The van der Waals surface area contributed by atoms with Gasteiger partial charge >= 0.3 is 28.7 Å². The van der Waals surface area contributed by atoms with Crippen LogP contribution in [-0.4, -0.2) is 17.2 Å². The van der Waals surface area contributed by atoms with Crippen molar-refractivity contribution in [2.75, 3.05) is 0 Å². The number of para-hydroxylation sites is 2. The van der Waals surface area contributed by atoms with Crippen molar-refractivity contribution in [1.29, 1.82) is 0 Å². The molecule has 1 atom stereocenters. The fraction of sp³-hybridized carbons (Fsp3) is 0. The van der Waals surface area contributed by atoms with Crippen LogP contribution >= 0.6 is 0 Å². The molecule has 2 spiro atoms. The van der Waals surface area contributed by atoms with Crippen LogP contribution in [0.25, 0.3) is 66.5 Å². The maximum Gasteiger partial charge on any atom is 0.357 e. The number of hydrogen-bond acceptors (Lipinski definition) is 1. The van der Waals surface area contributed by atoms with Gasteiger partial charge in [-0.15, -0.1) is 4.57 Å². The topological polar surface area (TPSA) is 30.7 Å². The normalized spacial score (nSPS) is 17.8. The van der Waals surface area contributed by atoms with Gasteiger partial charge in [-0.1, -0.05) is 78.9 Å². The van der Waals surface area contributed by atoms with Crippen LogP contribution in [0.2, 0.25) is 0 Å². The molecule has 10 aromatic rings. The Kier molecular flexibility index (Phi) is 3.97. The van der Waals surface area contributed by atoms with Crippen molar-refractivity contribution in [3.8, 4) is 34.3 Å². The average Bonchev–Trinajstić information content (AvgIpc) is 3.84. The number of rotatable bonds is 0. The zero-order valence-corrected chi connectivity index (χ0v) is 29.1. The number of aromatic nitrogens is 5. The lowest BCUT2D eigenvalue weighted by molar-refractivity contribution is -1.23. The number of hydrogen-bond donors (Lipinski definition) is 0. The number of pyridine rings is 3. The van der Waals surface area contributed by atoms with Gasteiger partial charge in [-0.05, 0) is 76.1 Å². The largest absolute Gasteiger partial charge is 0.412 e. The van der Waals surface area contributed by atoms with Crippen LogP contribution < -0.4 is 44.3 Å². The molecule has 5 aromatic heterocycles. The summed E-state index contributed by atoms with van der Waals surface area (Å²) < 4.78 is 19.5. The lowest BCUT2D eigenvalue weighted by Gasteiger charge is -2.39. The monoisotopic (exact) mass is 694 g/mol. The van der Waals surface area contributed by atoms with Crippen LogP contribution in [0.4, 0.5) is 5.69 Å². The summed E-state index contributed by atoms with van der Waals surface area (Å²) in [6.07, 6.45) is 4.54. The highest BCUT2D eigenvalue weighted by Crippen LogP contribution is 2.50. The van der Waals surface area contributed by atoms with Gasteiger partial charge < -0.3 is 4.74 Å². The quantitative estimate of drug-likeness (QED) is 0.127.